The largest absolute Gasteiger partial charge is 0.496 e. The van der Waals surface area contributed by atoms with Crippen LogP contribution in [0.25, 0.3) is 10.8 Å². The number of nitrogens with zero attached hydrogens (tertiary/aromatic N) is 1. The number of nitrogens with one attached hydrogen (secondary N) is 1. The lowest BCUT2D eigenvalue weighted by Crippen LogP contribution is -2.45. The molecule has 2 N–H and O–H groups in total. The molecule has 0 spiro atoms. The third-order valence-electron chi connectivity index (χ3n) is 4.49. The van der Waals surface area contributed by atoms with Crippen molar-refractivity contribution in [2.75, 3.05) is 39.9 Å². The number of rotatable bonds is 5. The molecular formula is C18H25ClN2O2. The first-order valence-electron chi connectivity index (χ1n) is 7.96. The highest BCUT2D eigenvalue weighted by atomic mass is 35.5. The third-order valence-corrected chi connectivity index (χ3v) is 4.49. The van der Waals surface area contributed by atoms with E-state index < -0.39 is 0 Å². The van der Waals surface area contributed by atoms with Gasteiger partial charge in [-0.25, -0.2) is 0 Å². The number of hydrogen-bond donors (Lipinski definition) is 2. The molecule has 0 aromatic heterocycles. The Labute approximate surface area is 143 Å². The van der Waals surface area contributed by atoms with Crippen LogP contribution < -0.4 is 10.1 Å². The van der Waals surface area contributed by atoms with Crippen LogP contribution in [0.3, 0.4) is 0 Å². The number of piperazine rings is 1. The zero-order chi connectivity index (χ0) is 15.4. The Kier molecular flexibility index (Phi) is 6.66. The normalized spacial score (nSPS) is 16.8. The van der Waals surface area contributed by atoms with E-state index in [1.807, 2.05) is 12.1 Å². The fourth-order valence-electron chi connectivity index (χ4n) is 3.41. The topological polar surface area (TPSA) is 44.7 Å². The van der Waals surface area contributed by atoms with Crippen LogP contribution in [0.4, 0.5) is 0 Å². The van der Waals surface area contributed by atoms with Crippen molar-refractivity contribution in [2.45, 2.75) is 12.5 Å². The van der Waals surface area contributed by atoms with Crippen molar-refractivity contribution in [3.05, 3.63) is 42.0 Å². The average molecular weight is 337 g/mol. The number of fused-ring (bicyclic) bond motifs is 1. The van der Waals surface area contributed by atoms with Gasteiger partial charge in [0.15, 0.2) is 0 Å². The molecule has 0 unspecified atom stereocenters. The van der Waals surface area contributed by atoms with Crippen LogP contribution in [0.1, 0.15) is 18.0 Å². The summed E-state index contributed by atoms with van der Waals surface area (Å²) >= 11 is 0. The molecule has 1 fully saturated rings. The summed E-state index contributed by atoms with van der Waals surface area (Å²) in [6.45, 7) is 4.26. The third kappa shape index (κ3) is 3.78. The van der Waals surface area contributed by atoms with Crippen LogP contribution in [0, 0.1) is 0 Å². The maximum absolute atomic E-state index is 9.53. The van der Waals surface area contributed by atoms with Crippen LogP contribution >= 0.6 is 12.4 Å². The zero-order valence-corrected chi connectivity index (χ0v) is 14.3. The molecule has 1 saturated heterocycles. The van der Waals surface area contributed by atoms with Crippen molar-refractivity contribution >= 4 is 23.2 Å². The van der Waals surface area contributed by atoms with Gasteiger partial charge in [-0.3, -0.25) is 4.90 Å². The van der Waals surface area contributed by atoms with Crippen molar-refractivity contribution in [3.8, 4) is 5.75 Å². The first kappa shape index (κ1) is 18.0. The summed E-state index contributed by atoms with van der Waals surface area (Å²) in [5.74, 6) is 0.905. The lowest BCUT2D eigenvalue weighted by atomic mass is 9.94. The Hall–Kier alpha value is -1.33. The van der Waals surface area contributed by atoms with Gasteiger partial charge in [0.05, 0.1) is 7.11 Å². The number of benzene rings is 2. The molecule has 5 heteroatoms. The zero-order valence-electron chi connectivity index (χ0n) is 13.5. The molecule has 1 atom stereocenters. The Morgan fingerprint density at radius 2 is 1.83 bits per heavy atom. The molecule has 2 aromatic carbocycles. The number of halogens is 1. The minimum atomic E-state index is 0. The van der Waals surface area contributed by atoms with Crippen molar-refractivity contribution in [1.82, 2.24) is 10.2 Å². The second-order valence-electron chi connectivity index (χ2n) is 5.72. The minimum absolute atomic E-state index is 0. The summed E-state index contributed by atoms with van der Waals surface area (Å²) < 4.78 is 5.49. The summed E-state index contributed by atoms with van der Waals surface area (Å²) in [7, 11) is 1.71. The van der Waals surface area contributed by atoms with Crippen molar-refractivity contribution in [2.24, 2.45) is 0 Å². The Balaban J connectivity index is 0.00000192. The summed E-state index contributed by atoms with van der Waals surface area (Å²) in [5.41, 5.74) is 1.28. The Morgan fingerprint density at radius 1 is 1.13 bits per heavy atom. The number of ether oxygens (including phenoxy) is 1. The highest BCUT2D eigenvalue weighted by Crippen LogP contribution is 2.35. The predicted molar refractivity (Wildman–Crippen MR) is 96.6 cm³/mol. The van der Waals surface area contributed by atoms with Crippen molar-refractivity contribution in [1.29, 1.82) is 0 Å². The molecule has 0 amide bonds. The molecule has 0 bridgehead atoms. The first-order valence-corrected chi connectivity index (χ1v) is 7.96. The quantitative estimate of drug-likeness (QED) is 0.881. The molecule has 2 aromatic rings. The molecule has 1 aliphatic heterocycles. The van der Waals surface area contributed by atoms with E-state index in [1.54, 1.807) is 7.11 Å². The van der Waals surface area contributed by atoms with Gasteiger partial charge in [-0.1, -0.05) is 30.3 Å². The average Bonchev–Trinajstić information content (AvgIpc) is 2.60. The predicted octanol–water partition coefficient (Wildman–Crippen LogP) is 2.60. The summed E-state index contributed by atoms with van der Waals surface area (Å²) in [4.78, 5) is 2.47. The van der Waals surface area contributed by atoms with E-state index in [0.29, 0.717) is 0 Å². The molecule has 23 heavy (non-hydrogen) atoms. The van der Waals surface area contributed by atoms with Crippen molar-refractivity contribution < 1.29 is 9.84 Å². The van der Waals surface area contributed by atoms with E-state index in [0.717, 1.165) is 43.7 Å². The van der Waals surface area contributed by atoms with Gasteiger partial charge in [-0.15, -0.1) is 12.4 Å². The standard InChI is InChI=1S/C18H24N2O2.ClH/c1-22-18-7-6-15(14-4-2-3-5-16(14)18)17(8-13-21)20-11-9-19-10-12-20;/h2-7,17,19,21H,8-13H2,1H3;1H/t17-;/m0./s1. The molecular weight excluding hydrogens is 312 g/mol. The lowest BCUT2D eigenvalue weighted by Gasteiger charge is -2.35. The second kappa shape index (κ2) is 8.50. The van der Waals surface area contributed by atoms with E-state index in [2.05, 4.69) is 34.5 Å². The van der Waals surface area contributed by atoms with Gasteiger partial charge in [-0.05, 0) is 23.4 Å². The minimum Gasteiger partial charge on any atom is -0.496 e. The van der Waals surface area contributed by atoms with Crippen LogP contribution in [-0.4, -0.2) is 49.9 Å². The van der Waals surface area contributed by atoms with Crippen LogP contribution in [-0.2, 0) is 0 Å². The molecule has 0 saturated carbocycles. The van der Waals surface area contributed by atoms with E-state index in [9.17, 15) is 5.11 Å². The van der Waals surface area contributed by atoms with Crippen LogP contribution in [0.2, 0.25) is 0 Å². The van der Waals surface area contributed by atoms with E-state index in [1.165, 1.54) is 10.9 Å². The second-order valence-corrected chi connectivity index (χ2v) is 5.72. The molecule has 0 aliphatic carbocycles. The highest BCUT2D eigenvalue weighted by molar-refractivity contribution is 5.91. The highest BCUT2D eigenvalue weighted by Gasteiger charge is 2.23. The molecule has 3 rings (SSSR count). The number of methoxy groups -OCH3 is 1. The van der Waals surface area contributed by atoms with Gasteiger partial charge in [0.2, 0.25) is 0 Å². The molecule has 1 heterocycles. The Bertz CT molecular complexity index is 629. The molecule has 4 nitrogen and oxygen atoms in total. The maximum atomic E-state index is 9.53. The number of aliphatic hydroxyl groups is 1. The summed E-state index contributed by atoms with van der Waals surface area (Å²) in [5, 5.41) is 15.3. The smallest absolute Gasteiger partial charge is 0.126 e. The number of hydrogen-bond acceptors (Lipinski definition) is 4. The fraction of sp³-hybridized carbons (Fsp3) is 0.444. The molecule has 0 radical (unpaired) electrons. The number of aliphatic hydroxyl groups excluding tert-OH is 1. The van der Waals surface area contributed by atoms with Gasteiger partial charge < -0.3 is 15.2 Å². The molecule has 126 valence electrons. The first-order chi connectivity index (χ1) is 10.8. The van der Waals surface area contributed by atoms with Crippen molar-refractivity contribution in [3.63, 3.8) is 0 Å². The monoisotopic (exact) mass is 336 g/mol. The van der Waals surface area contributed by atoms with E-state index in [4.69, 9.17) is 4.74 Å². The molecule has 1 aliphatic rings. The summed E-state index contributed by atoms with van der Waals surface area (Å²) in [6.07, 6.45) is 0.760. The van der Waals surface area contributed by atoms with Gasteiger partial charge in [-0.2, -0.15) is 0 Å². The van der Waals surface area contributed by atoms with Gasteiger partial charge in [0.1, 0.15) is 5.75 Å². The SMILES string of the molecule is COc1ccc([C@H](CCO)N2CCNCC2)c2ccccc12.Cl. The lowest BCUT2D eigenvalue weighted by molar-refractivity contribution is 0.142. The van der Waals surface area contributed by atoms with E-state index >= 15 is 0 Å². The summed E-state index contributed by atoms with van der Waals surface area (Å²) in [6, 6.07) is 12.8. The fourth-order valence-corrected chi connectivity index (χ4v) is 3.41. The van der Waals surface area contributed by atoms with E-state index in [-0.39, 0.29) is 25.1 Å². The van der Waals surface area contributed by atoms with Gasteiger partial charge in [0, 0.05) is 44.2 Å². The van der Waals surface area contributed by atoms with Gasteiger partial charge >= 0.3 is 0 Å². The van der Waals surface area contributed by atoms with Crippen LogP contribution in [0.15, 0.2) is 36.4 Å². The maximum Gasteiger partial charge on any atom is 0.126 e. The Morgan fingerprint density at radius 3 is 2.48 bits per heavy atom. The van der Waals surface area contributed by atoms with Crippen LogP contribution in [0.5, 0.6) is 5.75 Å². The van der Waals surface area contributed by atoms with Gasteiger partial charge in [0.25, 0.3) is 0 Å².